The Bertz CT molecular complexity index is 662. The molecule has 1 unspecified atom stereocenters. The maximum atomic E-state index is 11.3. The van der Waals surface area contributed by atoms with Crippen LogP contribution in [-0.4, -0.2) is 46.5 Å². The first kappa shape index (κ1) is 12.9. The summed E-state index contributed by atoms with van der Waals surface area (Å²) in [7, 11) is 0. The van der Waals surface area contributed by atoms with Gasteiger partial charge in [0.1, 0.15) is 0 Å². The van der Waals surface area contributed by atoms with Crippen molar-refractivity contribution in [1.82, 2.24) is 4.90 Å². The highest BCUT2D eigenvalue weighted by molar-refractivity contribution is 5.41. The van der Waals surface area contributed by atoms with Crippen LogP contribution < -0.4 is 0 Å². The first-order valence-electron chi connectivity index (χ1n) is 9.81. The summed E-state index contributed by atoms with van der Waals surface area (Å²) in [6.45, 7) is 5.89. The molecular weight excluding hydrogens is 286 g/mol. The van der Waals surface area contributed by atoms with Crippen molar-refractivity contribution in [2.75, 3.05) is 13.2 Å². The van der Waals surface area contributed by atoms with E-state index in [0.29, 0.717) is 41.2 Å². The van der Waals surface area contributed by atoms with Gasteiger partial charge in [-0.3, -0.25) is 4.90 Å². The summed E-state index contributed by atoms with van der Waals surface area (Å²) in [4.78, 5) is 2.85. The second kappa shape index (κ2) is 3.32. The molecule has 3 saturated heterocycles. The predicted octanol–water partition coefficient (Wildman–Crippen LogP) is 1.79. The predicted molar refractivity (Wildman–Crippen MR) is 85.5 cm³/mol. The van der Waals surface area contributed by atoms with Crippen LogP contribution in [0.2, 0.25) is 0 Å². The van der Waals surface area contributed by atoms with Gasteiger partial charge < -0.3 is 10.2 Å². The summed E-state index contributed by atoms with van der Waals surface area (Å²) in [5.41, 5.74) is 2.22. The van der Waals surface area contributed by atoms with Crippen LogP contribution in [0, 0.1) is 39.9 Å². The van der Waals surface area contributed by atoms with Crippen LogP contribution in [0.25, 0.3) is 0 Å². The Morgan fingerprint density at radius 3 is 2.96 bits per heavy atom. The van der Waals surface area contributed by atoms with Crippen molar-refractivity contribution in [1.29, 1.82) is 0 Å². The minimum atomic E-state index is -0.145. The molecule has 3 aliphatic heterocycles. The van der Waals surface area contributed by atoms with Crippen LogP contribution in [0.1, 0.15) is 38.5 Å². The van der Waals surface area contributed by atoms with Crippen LogP contribution in [0.4, 0.5) is 0 Å². The zero-order chi connectivity index (χ0) is 15.4. The van der Waals surface area contributed by atoms with E-state index in [1.807, 2.05) is 0 Å². The molecule has 6 saturated carbocycles. The number of aliphatic hydroxyl groups excluding tert-OH is 2. The molecule has 0 amide bonds. The zero-order valence-electron chi connectivity index (χ0n) is 13.7. The third kappa shape index (κ3) is 0.950. The molecule has 11 atom stereocenters. The Kier molecular flexibility index (Phi) is 1.86. The monoisotopic (exact) mass is 313 g/mol. The molecule has 23 heavy (non-hydrogen) atoms. The second-order valence-corrected chi connectivity index (χ2v) is 10.3. The lowest BCUT2D eigenvalue weighted by atomic mass is 9.40. The van der Waals surface area contributed by atoms with Gasteiger partial charge in [-0.1, -0.05) is 18.6 Å². The van der Waals surface area contributed by atoms with Gasteiger partial charge in [-0.2, -0.15) is 0 Å². The first-order valence-corrected chi connectivity index (χ1v) is 9.81. The van der Waals surface area contributed by atoms with Crippen molar-refractivity contribution in [2.24, 2.45) is 39.9 Å². The van der Waals surface area contributed by atoms with Gasteiger partial charge in [0, 0.05) is 30.0 Å². The summed E-state index contributed by atoms with van der Waals surface area (Å²) in [6, 6.07) is 1.43. The van der Waals surface area contributed by atoms with Crippen LogP contribution in [0.5, 0.6) is 0 Å². The fraction of sp³-hybridized carbons (Fsp3) is 0.900. The number of hydrogen-bond donors (Lipinski definition) is 2. The first-order chi connectivity index (χ1) is 11.1. The average Bonchev–Trinajstić information content (AvgIpc) is 2.98. The van der Waals surface area contributed by atoms with Crippen molar-refractivity contribution in [3.8, 4) is 0 Å². The average molecular weight is 313 g/mol. The van der Waals surface area contributed by atoms with E-state index < -0.39 is 0 Å². The third-order valence-corrected chi connectivity index (χ3v) is 10.3. The molecule has 0 radical (unpaired) electrons. The van der Waals surface area contributed by atoms with E-state index in [9.17, 15) is 10.2 Å². The van der Waals surface area contributed by atoms with E-state index in [0.717, 1.165) is 18.5 Å². The van der Waals surface area contributed by atoms with Gasteiger partial charge in [-0.05, 0) is 60.7 Å². The van der Waals surface area contributed by atoms with Crippen LogP contribution in [-0.2, 0) is 0 Å². The Hall–Kier alpha value is -0.380. The van der Waals surface area contributed by atoms with E-state index in [1.54, 1.807) is 0 Å². The van der Waals surface area contributed by atoms with Crippen LogP contribution in [0.3, 0.4) is 0 Å². The smallest absolute Gasteiger partial charge is 0.0645 e. The second-order valence-electron chi connectivity index (χ2n) is 10.3. The van der Waals surface area contributed by atoms with Gasteiger partial charge >= 0.3 is 0 Å². The molecule has 0 aromatic rings. The molecule has 9 fully saturated rings. The number of nitrogens with zero attached hydrogens (tertiary/aromatic N) is 1. The quantitative estimate of drug-likeness (QED) is 0.726. The Morgan fingerprint density at radius 1 is 1.26 bits per heavy atom. The van der Waals surface area contributed by atoms with E-state index in [4.69, 9.17) is 0 Å². The minimum Gasteiger partial charge on any atom is -0.396 e. The lowest BCUT2D eigenvalue weighted by molar-refractivity contribution is -0.180. The highest BCUT2D eigenvalue weighted by Gasteiger charge is 2.88. The fourth-order valence-electron chi connectivity index (χ4n) is 10.5. The van der Waals surface area contributed by atoms with E-state index in [-0.39, 0.29) is 11.5 Å². The van der Waals surface area contributed by atoms with E-state index in [1.165, 1.54) is 44.1 Å². The lowest BCUT2D eigenvalue weighted by Crippen LogP contribution is -2.64. The third-order valence-electron chi connectivity index (χ3n) is 10.3. The number of aliphatic hydroxyl groups is 2. The standard InChI is InChI=1S/C20H27NO2/c1-10-6-19-7-13-15-18(9-22)3-2-4-20(15)16(19)14(23)11(10)5-12(19)17(20)21(13)8-18/h11-17,22-23H,1-9H2/t11-,12-,13+,14+,15-,16-,17-,18-,19+,20+/m1/s1. The van der Waals surface area contributed by atoms with Gasteiger partial charge in [0.15, 0.2) is 0 Å². The lowest BCUT2D eigenvalue weighted by Gasteiger charge is -2.64. The summed E-state index contributed by atoms with van der Waals surface area (Å²) in [5, 5.41) is 21.7. The normalized spacial score (nSPS) is 72.3. The Morgan fingerprint density at radius 2 is 2.13 bits per heavy atom. The highest BCUT2D eigenvalue weighted by atomic mass is 16.3. The molecule has 124 valence electrons. The molecular formula is C20H27NO2. The van der Waals surface area contributed by atoms with Crippen molar-refractivity contribution in [3.05, 3.63) is 12.2 Å². The van der Waals surface area contributed by atoms with Gasteiger partial charge in [-0.25, -0.2) is 0 Å². The molecule has 9 bridgehead atoms. The zero-order valence-corrected chi connectivity index (χ0v) is 13.7. The van der Waals surface area contributed by atoms with Gasteiger partial charge in [-0.15, -0.1) is 0 Å². The molecule has 0 aromatic heterocycles. The van der Waals surface area contributed by atoms with Crippen molar-refractivity contribution in [3.63, 3.8) is 0 Å². The highest BCUT2D eigenvalue weighted by Crippen LogP contribution is 2.87. The Balaban J connectivity index is 1.52. The molecule has 2 spiro atoms. The topological polar surface area (TPSA) is 43.7 Å². The SMILES string of the molecule is C=C1C[C@@]23C[C@H]4[C@@H]5[C@]6(CO)CCC[C@@]57[C@@H]2[C@@H](O)[C@@H]1C[C@@H]3[C@H]7N4C6. The molecule has 2 N–H and O–H groups in total. The van der Waals surface area contributed by atoms with Gasteiger partial charge in [0.2, 0.25) is 0 Å². The minimum absolute atomic E-state index is 0.145. The van der Waals surface area contributed by atoms with E-state index >= 15 is 0 Å². The number of piperidine rings is 2. The van der Waals surface area contributed by atoms with Crippen molar-refractivity contribution < 1.29 is 10.2 Å². The number of hydrogen-bond acceptors (Lipinski definition) is 3. The largest absolute Gasteiger partial charge is 0.396 e. The molecule has 3 heterocycles. The van der Waals surface area contributed by atoms with Crippen LogP contribution >= 0.6 is 0 Å². The van der Waals surface area contributed by atoms with Gasteiger partial charge in [0.25, 0.3) is 0 Å². The van der Waals surface area contributed by atoms with Crippen molar-refractivity contribution in [2.45, 2.75) is 56.7 Å². The molecule has 9 aliphatic rings. The van der Waals surface area contributed by atoms with E-state index in [2.05, 4.69) is 11.5 Å². The number of rotatable bonds is 1. The fourth-order valence-corrected chi connectivity index (χ4v) is 10.5. The number of fused-ring (bicyclic) bond motifs is 1. The summed E-state index contributed by atoms with van der Waals surface area (Å²) in [5.74, 6) is 2.35. The van der Waals surface area contributed by atoms with Gasteiger partial charge in [0.05, 0.1) is 12.7 Å². The Labute approximate surface area is 137 Å². The molecule has 6 aliphatic carbocycles. The van der Waals surface area contributed by atoms with Crippen molar-refractivity contribution >= 4 is 0 Å². The summed E-state index contributed by atoms with van der Waals surface area (Å²) >= 11 is 0. The summed E-state index contributed by atoms with van der Waals surface area (Å²) < 4.78 is 0. The van der Waals surface area contributed by atoms with Crippen LogP contribution in [0.15, 0.2) is 12.2 Å². The maximum Gasteiger partial charge on any atom is 0.0645 e. The molecule has 9 rings (SSSR count). The molecule has 3 nitrogen and oxygen atoms in total. The molecule has 3 heteroatoms. The summed E-state index contributed by atoms with van der Waals surface area (Å²) in [6.07, 6.45) is 7.34. The maximum absolute atomic E-state index is 11.3. The molecule has 0 aromatic carbocycles.